The number of tetrazole rings is 1. The maximum Gasteiger partial charge on any atom is 0.248 e. The van der Waals surface area contributed by atoms with E-state index < -0.39 is 6.04 Å². The Morgan fingerprint density at radius 2 is 2.07 bits per heavy atom. The summed E-state index contributed by atoms with van der Waals surface area (Å²) in [6, 6.07) is 6.83. The van der Waals surface area contributed by atoms with Crippen LogP contribution >= 0.6 is 0 Å². The van der Waals surface area contributed by atoms with Crippen molar-refractivity contribution < 1.29 is 14.3 Å². The molecule has 2 rings (SSSR count). The Balaban J connectivity index is 2.23. The minimum atomic E-state index is -0.663. The first-order chi connectivity index (χ1) is 12.8. The first-order valence-corrected chi connectivity index (χ1v) is 8.73. The van der Waals surface area contributed by atoms with Crippen molar-refractivity contribution >= 4 is 11.8 Å². The maximum absolute atomic E-state index is 13.1. The summed E-state index contributed by atoms with van der Waals surface area (Å²) in [7, 11) is 3.19. The highest BCUT2D eigenvalue weighted by molar-refractivity contribution is 5.86. The van der Waals surface area contributed by atoms with Gasteiger partial charge in [0.2, 0.25) is 11.8 Å². The van der Waals surface area contributed by atoms with Crippen molar-refractivity contribution in [2.75, 3.05) is 20.7 Å². The molecular formula is C18H26N6O3. The number of hydrogen-bond donors (Lipinski definition) is 1. The number of amides is 2. The quantitative estimate of drug-likeness (QED) is 0.732. The third-order valence-electron chi connectivity index (χ3n) is 4.01. The second-order valence-corrected chi connectivity index (χ2v) is 6.66. The zero-order valence-electron chi connectivity index (χ0n) is 16.3. The van der Waals surface area contributed by atoms with Gasteiger partial charge < -0.3 is 15.0 Å². The monoisotopic (exact) mass is 374 g/mol. The molecule has 9 heteroatoms. The van der Waals surface area contributed by atoms with Crippen LogP contribution in [0.25, 0.3) is 0 Å². The van der Waals surface area contributed by atoms with E-state index in [2.05, 4.69) is 20.8 Å². The van der Waals surface area contributed by atoms with Gasteiger partial charge in [0.05, 0.1) is 13.7 Å². The van der Waals surface area contributed by atoms with Gasteiger partial charge in [-0.1, -0.05) is 12.1 Å². The lowest BCUT2D eigenvalue weighted by Crippen LogP contribution is -2.44. The van der Waals surface area contributed by atoms with Crippen molar-refractivity contribution in [2.24, 2.45) is 0 Å². The SMILES string of the molecule is COc1cccc(C[C@@H](C(=O)N(C)CC(=O)NC(C)C)n2nnnc2C)c1. The lowest BCUT2D eigenvalue weighted by molar-refractivity contribution is -0.137. The van der Waals surface area contributed by atoms with E-state index in [0.29, 0.717) is 18.0 Å². The largest absolute Gasteiger partial charge is 0.497 e. The fourth-order valence-corrected chi connectivity index (χ4v) is 2.74. The predicted octanol–water partition coefficient (Wildman–Crippen LogP) is 0.757. The molecule has 1 aromatic heterocycles. The molecule has 146 valence electrons. The summed E-state index contributed by atoms with van der Waals surface area (Å²) in [5, 5.41) is 14.3. The van der Waals surface area contributed by atoms with E-state index >= 15 is 0 Å². The molecule has 0 radical (unpaired) electrons. The van der Waals surface area contributed by atoms with Crippen LogP contribution in [-0.4, -0.2) is 63.7 Å². The Bertz CT molecular complexity index is 789. The number of aryl methyl sites for hydroxylation is 1. The standard InChI is InChI=1S/C18H26N6O3/c1-12(2)19-17(25)11-23(4)18(26)16(24-13(3)20-21-22-24)10-14-7-6-8-15(9-14)27-5/h6-9,12,16H,10-11H2,1-5H3,(H,19,25)/t16-/m0/s1. The Morgan fingerprint density at radius 1 is 1.33 bits per heavy atom. The molecule has 2 amide bonds. The molecule has 0 saturated carbocycles. The smallest absolute Gasteiger partial charge is 0.248 e. The van der Waals surface area contributed by atoms with Gasteiger partial charge >= 0.3 is 0 Å². The summed E-state index contributed by atoms with van der Waals surface area (Å²) in [6.45, 7) is 5.44. The second-order valence-electron chi connectivity index (χ2n) is 6.66. The number of hydrogen-bond acceptors (Lipinski definition) is 6. The van der Waals surface area contributed by atoms with Crippen LogP contribution < -0.4 is 10.1 Å². The van der Waals surface area contributed by atoms with Gasteiger partial charge in [-0.3, -0.25) is 9.59 Å². The molecule has 27 heavy (non-hydrogen) atoms. The lowest BCUT2D eigenvalue weighted by Gasteiger charge is -2.24. The number of ether oxygens (including phenoxy) is 1. The number of nitrogens with zero attached hydrogens (tertiary/aromatic N) is 5. The van der Waals surface area contributed by atoms with Crippen molar-refractivity contribution in [1.29, 1.82) is 0 Å². The van der Waals surface area contributed by atoms with Crippen LogP contribution in [0.15, 0.2) is 24.3 Å². The van der Waals surface area contributed by atoms with Crippen molar-refractivity contribution in [3.8, 4) is 5.75 Å². The summed E-state index contributed by atoms with van der Waals surface area (Å²) >= 11 is 0. The molecule has 9 nitrogen and oxygen atoms in total. The topological polar surface area (TPSA) is 102 Å². The van der Waals surface area contributed by atoms with Crippen LogP contribution in [0.4, 0.5) is 0 Å². The molecule has 1 N–H and O–H groups in total. The second kappa shape index (κ2) is 9.11. The van der Waals surface area contributed by atoms with Gasteiger partial charge in [-0.05, 0) is 48.9 Å². The average molecular weight is 374 g/mol. The van der Waals surface area contributed by atoms with Crippen LogP contribution in [0.2, 0.25) is 0 Å². The fourth-order valence-electron chi connectivity index (χ4n) is 2.74. The molecule has 0 bridgehead atoms. The van der Waals surface area contributed by atoms with Crippen molar-refractivity contribution in [2.45, 2.75) is 39.3 Å². The molecule has 0 aliphatic rings. The zero-order chi connectivity index (χ0) is 20.0. The minimum absolute atomic E-state index is 0.00958. The van der Waals surface area contributed by atoms with Crippen molar-refractivity contribution in [3.63, 3.8) is 0 Å². The highest BCUT2D eigenvalue weighted by Gasteiger charge is 2.28. The molecule has 2 aromatic rings. The molecule has 0 aliphatic heterocycles. The van der Waals surface area contributed by atoms with Crippen LogP contribution in [-0.2, 0) is 16.0 Å². The third kappa shape index (κ3) is 5.50. The molecule has 0 spiro atoms. The first-order valence-electron chi connectivity index (χ1n) is 8.73. The van der Waals surface area contributed by atoms with Gasteiger partial charge in [0.25, 0.3) is 0 Å². The maximum atomic E-state index is 13.1. The number of likely N-dealkylation sites (N-methyl/N-ethyl adjacent to an activating group) is 1. The summed E-state index contributed by atoms with van der Waals surface area (Å²) in [6.07, 6.45) is 0.373. The summed E-state index contributed by atoms with van der Waals surface area (Å²) in [5.41, 5.74) is 0.905. The summed E-state index contributed by atoms with van der Waals surface area (Å²) < 4.78 is 6.74. The Hall–Kier alpha value is -2.97. The van der Waals surface area contributed by atoms with E-state index in [9.17, 15) is 9.59 Å². The summed E-state index contributed by atoms with van der Waals surface area (Å²) in [4.78, 5) is 26.5. The molecule has 0 saturated heterocycles. The fraction of sp³-hybridized carbons (Fsp3) is 0.500. The molecular weight excluding hydrogens is 348 g/mol. The number of carbonyl (C=O) groups excluding carboxylic acids is 2. The van der Waals surface area contributed by atoms with Crippen molar-refractivity contribution in [1.82, 2.24) is 30.4 Å². The molecule has 0 fully saturated rings. The van der Waals surface area contributed by atoms with Gasteiger partial charge in [-0.15, -0.1) is 5.10 Å². The summed E-state index contributed by atoms with van der Waals surface area (Å²) in [5.74, 6) is 0.773. The van der Waals surface area contributed by atoms with Gasteiger partial charge in [0, 0.05) is 19.5 Å². The van der Waals surface area contributed by atoms with Crippen LogP contribution in [0.5, 0.6) is 5.75 Å². The zero-order valence-corrected chi connectivity index (χ0v) is 16.3. The molecule has 0 aliphatic carbocycles. The average Bonchev–Trinajstić information content (AvgIpc) is 3.04. The number of benzene rings is 1. The number of rotatable bonds is 8. The number of nitrogens with one attached hydrogen (secondary N) is 1. The van der Waals surface area contributed by atoms with Crippen molar-refractivity contribution in [3.05, 3.63) is 35.7 Å². The van der Waals surface area contributed by atoms with Gasteiger partial charge in [-0.2, -0.15) is 0 Å². The van der Waals surface area contributed by atoms with E-state index in [4.69, 9.17) is 4.74 Å². The van der Waals surface area contributed by atoms with E-state index in [-0.39, 0.29) is 24.4 Å². The Morgan fingerprint density at radius 3 is 2.67 bits per heavy atom. The normalized spacial score (nSPS) is 11.9. The van der Waals surface area contributed by atoms with E-state index in [0.717, 1.165) is 5.56 Å². The van der Waals surface area contributed by atoms with Crippen LogP contribution in [0.1, 0.15) is 31.3 Å². The Labute approximate surface area is 158 Å². The van der Waals surface area contributed by atoms with Gasteiger partial charge in [0.15, 0.2) is 0 Å². The van der Waals surface area contributed by atoms with Gasteiger partial charge in [-0.25, -0.2) is 4.68 Å². The van der Waals surface area contributed by atoms with E-state index in [1.54, 1.807) is 21.1 Å². The van der Waals surface area contributed by atoms with E-state index in [1.165, 1.54) is 9.58 Å². The molecule has 0 unspecified atom stereocenters. The third-order valence-corrected chi connectivity index (χ3v) is 4.01. The Kier molecular flexibility index (Phi) is 6.86. The minimum Gasteiger partial charge on any atom is -0.497 e. The number of aromatic nitrogens is 4. The predicted molar refractivity (Wildman–Crippen MR) is 99.2 cm³/mol. The highest BCUT2D eigenvalue weighted by Crippen LogP contribution is 2.20. The molecule has 1 heterocycles. The van der Waals surface area contributed by atoms with Gasteiger partial charge in [0.1, 0.15) is 17.6 Å². The van der Waals surface area contributed by atoms with E-state index in [1.807, 2.05) is 38.1 Å². The first kappa shape index (κ1) is 20.3. The van der Waals surface area contributed by atoms with Crippen LogP contribution in [0, 0.1) is 6.92 Å². The highest BCUT2D eigenvalue weighted by atomic mass is 16.5. The number of methoxy groups -OCH3 is 1. The molecule has 1 aromatic carbocycles. The molecule has 1 atom stereocenters. The lowest BCUT2D eigenvalue weighted by atomic mass is 10.0. The number of carbonyl (C=O) groups is 2. The van der Waals surface area contributed by atoms with Crippen LogP contribution in [0.3, 0.4) is 0 Å².